The highest BCUT2D eigenvalue weighted by atomic mass is 16.2. The lowest BCUT2D eigenvalue weighted by Gasteiger charge is -2.35. The van der Waals surface area contributed by atoms with E-state index >= 15 is 0 Å². The van der Waals surface area contributed by atoms with E-state index in [0.717, 1.165) is 19.3 Å². The summed E-state index contributed by atoms with van der Waals surface area (Å²) in [7, 11) is 0. The Kier molecular flexibility index (Phi) is 6.86. The van der Waals surface area contributed by atoms with Gasteiger partial charge >= 0.3 is 0 Å². The molecule has 0 spiro atoms. The maximum absolute atomic E-state index is 12.5. The van der Waals surface area contributed by atoms with Crippen molar-refractivity contribution in [3.8, 4) is 0 Å². The molecule has 0 bridgehead atoms. The Morgan fingerprint density at radius 3 is 2.36 bits per heavy atom. The van der Waals surface area contributed by atoms with Gasteiger partial charge in [-0.2, -0.15) is 0 Å². The Bertz CT molecular complexity index is 552. The van der Waals surface area contributed by atoms with Gasteiger partial charge in [0.25, 0.3) is 0 Å². The molecule has 0 aromatic rings. The van der Waals surface area contributed by atoms with Crippen LogP contribution in [0.25, 0.3) is 0 Å². The van der Waals surface area contributed by atoms with Crippen molar-refractivity contribution in [2.24, 2.45) is 5.41 Å². The first-order chi connectivity index (χ1) is 11.8. The largest absolute Gasteiger partial charge is 0.339 e. The Morgan fingerprint density at radius 1 is 1.12 bits per heavy atom. The first kappa shape index (κ1) is 19.7. The SMILES string of the molecule is CCCCC(=O)N1CCN(C(=O)/C=C/C2=C(C)CCCC2(C)C)CC1. The van der Waals surface area contributed by atoms with Crippen molar-refractivity contribution in [2.75, 3.05) is 26.2 Å². The summed E-state index contributed by atoms with van der Waals surface area (Å²) >= 11 is 0. The van der Waals surface area contributed by atoms with Gasteiger partial charge in [-0.25, -0.2) is 0 Å². The second-order valence-corrected chi connectivity index (χ2v) is 8.07. The van der Waals surface area contributed by atoms with Crippen LogP contribution in [0.15, 0.2) is 23.3 Å². The van der Waals surface area contributed by atoms with Crippen LogP contribution in [0.5, 0.6) is 0 Å². The number of nitrogens with zero attached hydrogens (tertiary/aromatic N) is 2. The van der Waals surface area contributed by atoms with Crippen molar-refractivity contribution in [3.63, 3.8) is 0 Å². The monoisotopic (exact) mass is 346 g/mol. The fraction of sp³-hybridized carbons (Fsp3) is 0.714. The number of allylic oxidation sites excluding steroid dienone is 3. The molecule has 1 aliphatic heterocycles. The average Bonchev–Trinajstić information content (AvgIpc) is 2.58. The molecule has 4 nitrogen and oxygen atoms in total. The normalized spacial score (nSPS) is 21.1. The lowest BCUT2D eigenvalue weighted by Crippen LogP contribution is -2.50. The van der Waals surface area contributed by atoms with Crippen molar-refractivity contribution >= 4 is 11.8 Å². The predicted molar refractivity (Wildman–Crippen MR) is 102 cm³/mol. The van der Waals surface area contributed by atoms with Crippen LogP contribution in [0.2, 0.25) is 0 Å². The second-order valence-electron chi connectivity index (χ2n) is 8.07. The minimum Gasteiger partial charge on any atom is -0.339 e. The maximum atomic E-state index is 12.5. The quantitative estimate of drug-likeness (QED) is 0.708. The number of rotatable bonds is 5. The molecular formula is C21H34N2O2. The van der Waals surface area contributed by atoms with Crippen LogP contribution >= 0.6 is 0 Å². The third-order valence-corrected chi connectivity index (χ3v) is 5.62. The molecule has 2 amide bonds. The molecule has 0 unspecified atom stereocenters. The number of unbranched alkanes of at least 4 members (excludes halogenated alkanes) is 1. The van der Waals surface area contributed by atoms with Gasteiger partial charge in [-0.05, 0) is 43.6 Å². The van der Waals surface area contributed by atoms with Crippen molar-refractivity contribution in [1.29, 1.82) is 0 Å². The molecule has 0 radical (unpaired) electrons. The van der Waals surface area contributed by atoms with Gasteiger partial charge in [0.05, 0.1) is 0 Å². The predicted octanol–water partition coefficient (Wildman–Crippen LogP) is 3.93. The smallest absolute Gasteiger partial charge is 0.246 e. The zero-order valence-corrected chi connectivity index (χ0v) is 16.4. The topological polar surface area (TPSA) is 40.6 Å². The van der Waals surface area contributed by atoms with E-state index in [9.17, 15) is 9.59 Å². The van der Waals surface area contributed by atoms with Gasteiger partial charge in [0.2, 0.25) is 11.8 Å². The summed E-state index contributed by atoms with van der Waals surface area (Å²) in [5.74, 6) is 0.302. The number of carbonyl (C=O) groups is 2. The lowest BCUT2D eigenvalue weighted by molar-refractivity contribution is -0.137. The van der Waals surface area contributed by atoms with Crippen LogP contribution < -0.4 is 0 Å². The number of hydrogen-bond donors (Lipinski definition) is 0. The molecule has 0 aromatic carbocycles. The van der Waals surface area contributed by atoms with Crippen LogP contribution in [0, 0.1) is 5.41 Å². The standard InChI is InChI=1S/C21H34N2O2/c1-5-6-9-19(24)22-13-15-23(16-14-22)20(25)11-10-18-17(2)8-7-12-21(18,3)4/h10-11H,5-9,12-16H2,1-4H3/b11-10+. The molecule has 1 heterocycles. The highest BCUT2D eigenvalue weighted by Crippen LogP contribution is 2.40. The van der Waals surface area contributed by atoms with Crippen LogP contribution in [-0.4, -0.2) is 47.8 Å². The van der Waals surface area contributed by atoms with E-state index < -0.39 is 0 Å². The van der Waals surface area contributed by atoms with Gasteiger partial charge in [0.15, 0.2) is 0 Å². The van der Waals surface area contributed by atoms with E-state index in [1.165, 1.54) is 24.0 Å². The van der Waals surface area contributed by atoms with Crippen LogP contribution in [0.3, 0.4) is 0 Å². The first-order valence-electron chi connectivity index (χ1n) is 9.80. The fourth-order valence-electron chi connectivity index (χ4n) is 3.93. The van der Waals surface area contributed by atoms with Crippen molar-refractivity contribution in [1.82, 2.24) is 9.80 Å². The number of hydrogen-bond acceptors (Lipinski definition) is 2. The summed E-state index contributed by atoms with van der Waals surface area (Å²) < 4.78 is 0. The van der Waals surface area contributed by atoms with E-state index in [2.05, 4.69) is 27.7 Å². The van der Waals surface area contributed by atoms with Crippen LogP contribution in [-0.2, 0) is 9.59 Å². The molecule has 0 aromatic heterocycles. The van der Waals surface area contributed by atoms with Gasteiger partial charge in [-0.15, -0.1) is 0 Å². The van der Waals surface area contributed by atoms with Gasteiger partial charge in [0.1, 0.15) is 0 Å². The van der Waals surface area contributed by atoms with Gasteiger partial charge in [-0.3, -0.25) is 9.59 Å². The fourth-order valence-corrected chi connectivity index (χ4v) is 3.93. The third kappa shape index (κ3) is 5.20. The highest BCUT2D eigenvalue weighted by molar-refractivity contribution is 5.88. The molecule has 1 fully saturated rings. The minimum atomic E-state index is 0.0716. The molecule has 2 aliphatic rings. The number of amides is 2. The molecule has 4 heteroatoms. The van der Waals surface area contributed by atoms with Crippen molar-refractivity contribution in [2.45, 2.75) is 66.2 Å². The number of piperazine rings is 1. The van der Waals surface area contributed by atoms with Crippen LogP contribution in [0.1, 0.15) is 66.2 Å². The van der Waals surface area contributed by atoms with E-state index in [1.807, 2.05) is 15.9 Å². The molecule has 25 heavy (non-hydrogen) atoms. The Hall–Kier alpha value is -1.58. The molecule has 0 saturated carbocycles. The van der Waals surface area contributed by atoms with Gasteiger partial charge in [0, 0.05) is 38.7 Å². The summed E-state index contributed by atoms with van der Waals surface area (Å²) in [6.45, 7) is 11.4. The lowest BCUT2D eigenvalue weighted by atomic mass is 9.72. The summed E-state index contributed by atoms with van der Waals surface area (Å²) in [5, 5.41) is 0. The van der Waals surface area contributed by atoms with E-state index in [1.54, 1.807) is 6.08 Å². The van der Waals surface area contributed by atoms with E-state index in [4.69, 9.17) is 0 Å². The molecular weight excluding hydrogens is 312 g/mol. The zero-order chi connectivity index (χ0) is 18.4. The molecule has 1 saturated heterocycles. The molecule has 0 N–H and O–H groups in total. The second kappa shape index (κ2) is 8.68. The highest BCUT2D eigenvalue weighted by Gasteiger charge is 2.27. The van der Waals surface area contributed by atoms with E-state index in [0.29, 0.717) is 32.6 Å². The Labute approximate surface area is 152 Å². The third-order valence-electron chi connectivity index (χ3n) is 5.62. The maximum Gasteiger partial charge on any atom is 0.246 e. The summed E-state index contributed by atoms with van der Waals surface area (Å²) in [4.78, 5) is 28.4. The number of carbonyl (C=O) groups excluding carboxylic acids is 2. The van der Waals surface area contributed by atoms with E-state index in [-0.39, 0.29) is 17.2 Å². The minimum absolute atomic E-state index is 0.0716. The van der Waals surface area contributed by atoms with Crippen molar-refractivity contribution < 1.29 is 9.59 Å². The Balaban J connectivity index is 1.89. The first-order valence-corrected chi connectivity index (χ1v) is 9.80. The zero-order valence-electron chi connectivity index (χ0n) is 16.4. The molecule has 140 valence electrons. The van der Waals surface area contributed by atoms with Crippen LogP contribution in [0.4, 0.5) is 0 Å². The Morgan fingerprint density at radius 2 is 1.76 bits per heavy atom. The van der Waals surface area contributed by atoms with Gasteiger partial charge in [-0.1, -0.05) is 38.8 Å². The van der Waals surface area contributed by atoms with Crippen molar-refractivity contribution in [3.05, 3.63) is 23.3 Å². The summed E-state index contributed by atoms with van der Waals surface area (Å²) in [6, 6.07) is 0. The summed E-state index contributed by atoms with van der Waals surface area (Å²) in [6.07, 6.45) is 9.94. The summed E-state index contributed by atoms with van der Waals surface area (Å²) in [5.41, 5.74) is 2.89. The molecule has 0 atom stereocenters. The average molecular weight is 347 g/mol. The van der Waals surface area contributed by atoms with Gasteiger partial charge < -0.3 is 9.80 Å². The molecule has 2 rings (SSSR count). The molecule has 1 aliphatic carbocycles.